The Labute approximate surface area is 140 Å². The van der Waals surface area contributed by atoms with E-state index in [1.54, 1.807) is 19.1 Å². The van der Waals surface area contributed by atoms with E-state index in [9.17, 15) is 9.59 Å². The van der Waals surface area contributed by atoms with E-state index in [1.165, 1.54) is 11.3 Å². The number of nitrogens with one attached hydrogen (secondary N) is 1. The van der Waals surface area contributed by atoms with Crippen molar-refractivity contribution in [3.05, 3.63) is 51.9 Å². The Morgan fingerprint density at radius 1 is 1.26 bits per heavy atom. The molecule has 2 rings (SSSR count). The molecule has 0 atom stereocenters. The zero-order valence-corrected chi connectivity index (χ0v) is 14.6. The van der Waals surface area contributed by atoms with Crippen molar-refractivity contribution in [3.8, 4) is 0 Å². The molecule has 23 heavy (non-hydrogen) atoms. The molecular formula is C18H21NO3S. The minimum absolute atomic E-state index is 0.226. The normalized spacial score (nSPS) is 10.7. The van der Waals surface area contributed by atoms with Gasteiger partial charge in [0, 0.05) is 10.4 Å². The van der Waals surface area contributed by atoms with Crippen molar-refractivity contribution in [1.82, 2.24) is 0 Å². The molecule has 1 N–H and O–H groups in total. The summed E-state index contributed by atoms with van der Waals surface area (Å²) in [5, 5.41) is 3.39. The highest BCUT2D eigenvalue weighted by molar-refractivity contribution is 7.16. The fraction of sp³-hybridized carbons (Fsp3) is 0.333. The molecule has 0 aliphatic carbocycles. The minimum Gasteiger partial charge on any atom is -0.462 e. The highest BCUT2D eigenvalue weighted by Crippen LogP contribution is 2.33. The molecule has 4 nitrogen and oxygen atoms in total. The molecule has 0 fully saturated rings. The maximum absolute atomic E-state index is 12.4. The van der Waals surface area contributed by atoms with Crippen LogP contribution in [-0.2, 0) is 4.74 Å². The molecule has 0 saturated heterocycles. The number of rotatable bonds is 5. The smallest absolute Gasteiger partial charge is 0.341 e. The third-order valence-electron chi connectivity index (χ3n) is 3.32. The van der Waals surface area contributed by atoms with E-state index in [1.807, 2.05) is 39.0 Å². The lowest BCUT2D eigenvalue weighted by atomic mass is 10.1. The summed E-state index contributed by atoms with van der Waals surface area (Å²) < 4.78 is 5.08. The van der Waals surface area contributed by atoms with Crippen molar-refractivity contribution >= 4 is 28.2 Å². The maximum atomic E-state index is 12.4. The van der Waals surface area contributed by atoms with Crippen LogP contribution in [0, 0.1) is 6.92 Å². The number of amides is 1. The van der Waals surface area contributed by atoms with Gasteiger partial charge in [-0.1, -0.05) is 31.5 Å². The minimum atomic E-state index is -0.407. The molecule has 1 aromatic heterocycles. The quantitative estimate of drug-likeness (QED) is 0.814. The largest absolute Gasteiger partial charge is 0.462 e. The van der Waals surface area contributed by atoms with Gasteiger partial charge in [0.15, 0.2) is 0 Å². The third kappa shape index (κ3) is 4.20. The van der Waals surface area contributed by atoms with E-state index in [-0.39, 0.29) is 11.8 Å². The zero-order chi connectivity index (χ0) is 17.0. The lowest BCUT2D eigenvalue weighted by Crippen LogP contribution is -2.14. The fourth-order valence-corrected chi connectivity index (χ4v) is 3.15. The van der Waals surface area contributed by atoms with E-state index in [2.05, 4.69) is 5.32 Å². The van der Waals surface area contributed by atoms with Crippen LogP contribution in [0.5, 0.6) is 0 Å². The van der Waals surface area contributed by atoms with Gasteiger partial charge in [-0.25, -0.2) is 4.79 Å². The van der Waals surface area contributed by atoms with Gasteiger partial charge in [-0.3, -0.25) is 4.79 Å². The maximum Gasteiger partial charge on any atom is 0.341 e. The number of carbonyl (C=O) groups excluding carboxylic acids is 2. The second-order valence-electron chi connectivity index (χ2n) is 5.59. The number of hydrogen-bond acceptors (Lipinski definition) is 4. The van der Waals surface area contributed by atoms with Crippen LogP contribution in [0.2, 0.25) is 0 Å². The summed E-state index contributed by atoms with van der Waals surface area (Å²) in [6, 6.07) is 9.14. The Morgan fingerprint density at radius 3 is 2.61 bits per heavy atom. The summed E-state index contributed by atoms with van der Waals surface area (Å²) in [7, 11) is 0. The molecule has 2 aromatic rings. The average Bonchev–Trinajstić information content (AvgIpc) is 2.91. The Kier molecular flexibility index (Phi) is 5.55. The first-order valence-electron chi connectivity index (χ1n) is 7.61. The van der Waals surface area contributed by atoms with Crippen molar-refractivity contribution in [2.24, 2.45) is 0 Å². The predicted octanol–water partition coefficient (Wildman–Crippen LogP) is 4.61. The summed E-state index contributed by atoms with van der Waals surface area (Å²) in [4.78, 5) is 25.6. The molecule has 5 heteroatoms. The average molecular weight is 331 g/mol. The number of carbonyl (C=O) groups is 2. The number of aryl methyl sites for hydroxylation is 1. The highest BCUT2D eigenvalue weighted by Gasteiger charge is 2.20. The number of esters is 1. The molecule has 0 saturated carbocycles. The van der Waals surface area contributed by atoms with Gasteiger partial charge < -0.3 is 10.1 Å². The van der Waals surface area contributed by atoms with E-state index in [0.717, 1.165) is 10.4 Å². The first-order valence-corrected chi connectivity index (χ1v) is 8.42. The molecule has 0 aliphatic rings. The molecule has 0 spiro atoms. The number of benzene rings is 1. The monoisotopic (exact) mass is 331 g/mol. The molecule has 122 valence electrons. The summed E-state index contributed by atoms with van der Waals surface area (Å²) in [5.74, 6) is -0.357. The summed E-state index contributed by atoms with van der Waals surface area (Å²) in [5.41, 5.74) is 2.00. The summed E-state index contributed by atoms with van der Waals surface area (Å²) >= 11 is 1.42. The molecule has 1 aromatic carbocycles. The van der Waals surface area contributed by atoms with Gasteiger partial charge in [-0.05, 0) is 38.0 Å². The SMILES string of the molecule is CCOC(=O)c1cc(C(C)C)sc1NC(=O)c1cccc(C)c1. The summed E-state index contributed by atoms with van der Waals surface area (Å²) in [6.45, 7) is 8.10. The van der Waals surface area contributed by atoms with Crippen LogP contribution in [0.1, 0.15) is 57.8 Å². The first kappa shape index (κ1) is 17.2. The van der Waals surface area contributed by atoms with Crippen molar-refractivity contribution in [3.63, 3.8) is 0 Å². The van der Waals surface area contributed by atoms with E-state index < -0.39 is 5.97 Å². The Bertz CT molecular complexity index is 719. The molecule has 0 unspecified atom stereocenters. The molecule has 1 amide bonds. The van der Waals surface area contributed by atoms with E-state index in [0.29, 0.717) is 22.7 Å². The third-order valence-corrected chi connectivity index (χ3v) is 4.67. The number of hydrogen-bond donors (Lipinski definition) is 1. The molecular weight excluding hydrogens is 310 g/mol. The van der Waals surface area contributed by atoms with E-state index in [4.69, 9.17) is 4.74 Å². The Balaban J connectivity index is 2.30. The van der Waals surface area contributed by atoms with Gasteiger partial charge >= 0.3 is 5.97 Å². The van der Waals surface area contributed by atoms with Crippen LogP contribution < -0.4 is 5.32 Å². The lowest BCUT2D eigenvalue weighted by molar-refractivity contribution is 0.0528. The topological polar surface area (TPSA) is 55.4 Å². The molecule has 1 heterocycles. The predicted molar refractivity (Wildman–Crippen MR) is 93.5 cm³/mol. The van der Waals surface area contributed by atoms with Crippen molar-refractivity contribution in [2.75, 3.05) is 11.9 Å². The first-order chi connectivity index (χ1) is 10.9. The van der Waals surface area contributed by atoms with Crippen LogP contribution in [0.3, 0.4) is 0 Å². The van der Waals surface area contributed by atoms with Gasteiger partial charge in [-0.2, -0.15) is 0 Å². The number of anilines is 1. The Morgan fingerprint density at radius 2 is 2.00 bits per heavy atom. The molecule has 0 aliphatic heterocycles. The van der Waals surface area contributed by atoms with Crippen molar-refractivity contribution < 1.29 is 14.3 Å². The molecule has 0 bridgehead atoms. The second-order valence-corrected chi connectivity index (χ2v) is 6.67. The van der Waals surface area contributed by atoms with Crippen LogP contribution in [0.25, 0.3) is 0 Å². The van der Waals surface area contributed by atoms with Gasteiger partial charge in [-0.15, -0.1) is 11.3 Å². The zero-order valence-electron chi connectivity index (χ0n) is 13.8. The van der Waals surface area contributed by atoms with Crippen molar-refractivity contribution in [1.29, 1.82) is 0 Å². The van der Waals surface area contributed by atoms with Crippen molar-refractivity contribution in [2.45, 2.75) is 33.6 Å². The van der Waals surface area contributed by atoms with Gasteiger partial charge in [0.05, 0.1) is 12.2 Å². The van der Waals surface area contributed by atoms with Crippen LogP contribution in [-0.4, -0.2) is 18.5 Å². The highest BCUT2D eigenvalue weighted by atomic mass is 32.1. The standard InChI is InChI=1S/C18H21NO3S/c1-5-22-18(21)14-10-15(11(2)3)23-17(14)19-16(20)13-8-6-7-12(4)9-13/h6-11H,5H2,1-4H3,(H,19,20). The summed E-state index contributed by atoms with van der Waals surface area (Å²) in [6.07, 6.45) is 0. The Hall–Kier alpha value is -2.14. The van der Waals surface area contributed by atoms with Gasteiger partial charge in [0.2, 0.25) is 0 Å². The van der Waals surface area contributed by atoms with Crippen LogP contribution >= 0.6 is 11.3 Å². The fourth-order valence-electron chi connectivity index (χ4n) is 2.11. The molecule has 0 radical (unpaired) electrons. The lowest BCUT2D eigenvalue weighted by Gasteiger charge is -2.06. The number of ether oxygens (including phenoxy) is 1. The van der Waals surface area contributed by atoms with Gasteiger partial charge in [0.25, 0.3) is 5.91 Å². The van der Waals surface area contributed by atoms with E-state index >= 15 is 0 Å². The second kappa shape index (κ2) is 7.42. The number of thiophene rings is 1. The van der Waals surface area contributed by atoms with Crippen LogP contribution in [0.4, 0.5) is 5.00 Å². The van der Waals surface area contributed by atoms with Gasteiger partial charge in [0.1, 0.15) is 5.00 Å². The van der Waals surface area contributed by atoms with Crippen LogP contribution in [0.15, 0.2) is 30.3 Å².